The van der Waals surface area contributed by atoms with E-state index in [-0.39, 0.29) is 5.57 Å². The standard InChI is InChI=1S/C23H25ClN2O2/c1-2-3-4-5-14-28-22-12-8-18(9-13-22)15-20(16-25)23(27)26-17-19-6-10-21(24)11-7-19/h6-13,15H,2-5,14,17H2,1H3,(H,26,27)/b20-15-. The molecule has 0 aliphatic rings. The summed E-state index contributed by atoms with van der Waals surface area (Å²) in [7, 11) is 0. The molecule has 1 amide bonds. The molecule has 0 radical (unpaired) electrons. The second-order valence-corrected chi connectivity index (χ2v) is 6.89. The molecule has 0 saturated heterocycles. The number of amides is 1. The third-order valence-electron chi connectivity index (χ3n) is 4.19. The van der Waals surface area contributed by atoms with Crippen LogP contribution in [-0.4, -0.2) is 12.5 Å². The van der Waals surface area contributed by atoms with Gasteiger partial charge in [-0.1, -0.05) is 62.1 Å². The molecule has 0 aromatic heterocycles. The first kappa shape index (κ1) is 21.5. The number of nitriles is 1. The summed E-state index contributed by atoms with van der Waals surface area (Å²) in [6, 6.07) is 16.5. The fraction of sp³-hybridized carbons (Fsp3) is 0.304. The highest BCUT2D eigenvalue weighted by Gasteiger charge is 2.09. The molecule has 0 saturated carbocycles. The first-order valence-corrected chi connectivity index (χ1v) is 9.87. The normalized spacial score (nSPS) is 11.0. The zero-order chi connectivity index (χ0) is 20.2. The van der Waals surface area contributed by atoms with E-state index in [1.807, 2.05) is 42.5 Å². The van der Waals surface area contributed by atoms with E-state index in [0.717, 1.165) is 23.3 Å². The lowest BCUT2D eigenvalue weighted by Crippen LogP contribution is -2.23. The van der Waals surface area contributed by atoms with Crippen LogP contribution in [0.1, 0.15) is 43.7 Å². The molecule has 0 aliphatic carbocycles. The van der Waals surface area contributed by atoms with Gasteiger partial charge in [-0.15, -0.1) is 0 Å². The van der Waals surface area contributed by atoms with Crippen LogP contribution in [0, 0.1) is 11.3 Å². The number of hydrogen-bond donors (Lipinski definition) is 1. The van der Waals surface area contributed by atoms with Gasteiger partial charge < -0.3 is 10.1 Å². The molecule has 0 atom stereocenters. The molecule has 2 aromatic rings. The second-order valence-electron chi connectivity index (χ2n) is 6.46. The van der Waals surface area contributed by atoms with Crippen LogP contribution >= 0.6 is 11.6 Å². The van der Waals surface area contributed by atoms with Gasteiger partial charge in [0.25, 0.3) is 5.91 Å². The molecular weight excluding hydrogens is 372 g/mol. The van der Waals surface area contributed by atoms with Crippen molar-refractivity contribution in [3.05, 3.63) is 70.3 Å². The maximum Gasteiger partial charge on any atom is 0.262 e. The van der Waals surface area contributed by atoms with Gasteiger partial charge in [0.05, 0.1) is 6.61 Å². The van der Waals surface area contributed by atoms with Gasteiger partial charge in [-0.05, 0) is 47.9 Å². The van der Waals surface area contributed by atoms with Crippen molar-refractivity contribution >= 4 is 23.6 Å². The van der Waals surface area contributed by atoms with E-state index in [4.69, 9.17) is 16.3 Å². The third-order valence-corrected chi connectivity index (χ3v) is 4.44. The molecule has 4 nitrogen and oxygen atoms in total. The zero-order valence-corrected chi connectivity index (χ0v) is 16.8. The number of ether oxygens (including phenoxy) is 1. The predicted molar refractivity (Wildman–Crippen MR) is 113 cm³/mol. The summed E-state index contributed by atoms with van der Waals surface area (Å²) in [4.78, 5) is 12.3. The van der Waals surface area contributed by atoms with Gasteiger partial charge in [0.15, 0.2) is 0 Å². The van der Waals surface area contributed by atoms with Crippen molar-refractivity contribution in [2.24, 2.45) is 0 Å². The van der Waals surface area contributed by atoms with E-state index in [0.29, 0.717) is 18.2 Å². The molecule has 2 rings (SSSR count). The minimum atomic E-state index is -0.409. The van der Waals surface area contributed by atoms with E-state index >= 15 is 0 Å². The number of halogens is 1. The van der Waals surface area contributed by atoms with E-state index < -0.39 is 5.91 Å². The van der Waals surface area contributed by atoms with E-state index in [9.17, 15) is 10.1 Å². The molecule has 5 heteroatoms. The maximum absolute atomic E-state index is 12.3. The van der Waals surface area contributed by atoms with Crippen LogP contribution in [0.4, 0.5) is 0 Å². The number of unbranched alkanes of at least 4 members (excludes halogenated alkanes) is 3. The van der Waals surface area contributed by atoms with Crippen LogP contribution in [0.25, 0.3) is 6.08 Å². The number of nitrogens with one attached hydrogen (secondary N) is 1. The van der Waals surface area contributed by atoms with Gasteiger partial charge in [-0.3, -0.25) is 4.79 Å². The summed E-state index contributed by atoms with van der Waals surface area (Å²) in [5.41, 5.74) is 1.74. The molecule has 146 valence electrons. The van der Waals surface area contributed by atoms with Crippen LogP contribution in [0.3, 0.4) is 0 Å². The van der Waals surface area contributed by atoms with Crippen LogP contribution < -0.4 is 10.1 Å². The lowest BCUT2D eigenvalue weighted by Gasteiger charge is -2.07. The molecule has 0 aliphatic heterocycles. The Labute approximate surface area is 171 Å². The zero-order valence-electron chi connectivity index (χ0n) is 16.1. The average molecular weight is 397 g/mol. The molecule has 1 N–H and O–H groups in total. The maximum atomic E-state index is 12.3. The highest BCUT2D eigenvalue weighted by Crippen LogP contribution is 2.16. The van der Waals surface area contributed by atoms with Crippen LogP contribution in [-0.2, 0) is 11.3 Å². The van der Waals surface area contributed by atoms with Gasteiger partial charge in [0, 0.05) is 11.6 Å². The second kappa shape index (κ2) is 11.8. The highest BCUT2D eigenvalue weighted by atomic mass is 35.5. The molecule has 28 heavy (non-hydrogen) atoms. The number of hydrogen-bond acceptors (Lipinski definition) is 3. The Kier molecular flexibility index (Phi) is 9.10. The minimum absolute atomic E-state index is 0.0576. The topological polar surface area (TPSA) is 62.1 Å². The average Bonchev–Trinajstić information content (AvgIpc) is 2.72. The summed E-state index contributed by atoms with van der Waals surface area (Å²) in [6.45, 7) is 3.21. The Morgan fingerprint density at radius 3 is 2.46 bits per heavy atom. The Balaban J connectivity index is 1.89. The van der Waals surface area contributed by atoms with Gasteiger partial charge in [0.2, 0.25) is 0 Å². The van der Waals surface area contributed by atoms with Crippen molar-refractivity contribution in [2.75, 3.05) is 6.61 Å². The monoisotopic (exact) mass is 396 g/mol. The predicted octanol–water partition coefficient (Wildman–Crippen LogP) is 5.52. The largest absolute Gasteiger partial charge is 0.494 e. The van der Waals surface area contributed by atoms with Crippen LogP contribution in [0.15, 0.2) is 54.1 Å². The Bertz CT molecular complexity index is 821. The number of carbonyl (C=O) groups is 1. The van der Waals surface area contributed by atoms with E-state index in [1.54, 1.807) is 18.2 Å². The fourth-order valence-corrected chi connectivity index (χ4v) is 2.70. The molecule has 0 spiro atoms. The van der Waals surface area contributed by atoms with E-state index in [1.165, 1.54) is 19.3 Å². The Morgan fingerprint density at radius 1 is 1.11 bits per heavy atom. The highest BCUT2D eigenvalue weighted by molar-refractivity contribution is 6.30. The smallest absolute Gasteiger partial charge is 0.262 e. The minimum Gasteiger partial charge on any atom is -0.494 e. The summed E-state index contributed by atoms with van der Waals surface area (Å²) < 4.78 is 5.71. The van der Waals surface area contributed by atoms with Gasteiger partial charge in [0.1, 0.15) is 17.4 Å². The summed E-state index contributed by atoms with van der Waals surface area (Å²) in [5, 5.41) is 12.7. The number of rotatable bonds is 10. The van der Waals surface area contributed by atoms with Crippen molar-refractivity contribution in [3.63, 3.8) is 0 Å². The molecule has 0 heterocycles. The summed E-state index contributed by atoms with van der Waals surface area (Å²) in [6.07, 6.45) is 6.22. The van der Waals surface area contributed by atoms with Crippen LogP contribution in [0.5, 0.6) is 5.75 Å². The van der Waals surface area contributed by atoms with Crippen LogP contribution in [0.2, 0.25) is 5.02 Å². The summed E-state index contributed by atoms with van der Waals surface area (Å²) in [5.74, 6) is 0.382. The van der Waals surface area contributed by atoms with Crippen molar-refractivity contribution in [1.29, 1.82) is 5.26 Å². The van der Waals surface area contributed by atoms with Crippen molar-refractivity contribution < 1.29 is 9.53 Å². The van der Waals surface area contributed by atoms with Gasteiger partial charge >= 0.3 is 0 Å². The Hall–Kier alpha value is -2.77. The molecular formula is C23H25ClN2O2. The molecule has 2 aromatic carbocycles. The number of nitrogens with zero attached hydrogens (tertiary/aromatic N) is 1. The molecule has 0 unspecified atom stereocenters. The third kappa shape index (κ3) is 7.46. The van der Waals surface area contributed by atoms with Gasteiger partial charge in [-0.25, -0.2) is 0 Å². The van der Waals surface area contributed by atoms with Crippen molar-refractivity contribution in [1.82, 2.24) is 5.32 Å². The Morgan fingerprint density at radius 2 is 1.82 bits per heavy atom. The number of benzene rings is 2. The quantitative estimate of drug-likeness (QED) is 0.326. The molecule has 0 fully saturated rings. The van der Waals surface area contributed by atoms with Crippen molar-refractivity contribution in [3.8, 4) is 11.8 Å². The van der Waals surface area contributed by atoms with Gasteiger partial charge in [-0.2, -0.15) is 5.26 Å². The lowest BCUT2D eigenvalue weighted by atomic mass is 10.1. The SMILES string of the molecule is CCCCCCOc1ccc(/C=C(/C#N)C(=O)NCc2ccc(Cl)cc2)cc1. The molecule has 0 bridgehead atoms. The summed E-state index contributed by atoms with van der Waals surface area (Å²) >= 11 is 5.85. The lowest BCUT2D eigenvalue weighted by molar-refractivity contribution is -0.117. The number of carbonyl (C=O) groups excluding carboxylic acids is 1. The fourth-order valence-electron chi connectivity index (χ4n) is 2.57. The first-order chi connectivity index (χ1) is 13.6. The van der Waals surface area contributed by atoms with Crippen molar-refractivity contribution in [2.45, 2.75) is 39.2 Å². The first-order valence-electron chi connectivity index (χ1n) is 9.49. The van der Waals surface area contributed by atoms with E-state index in [2.05, 4.69) is 12.2 Å².